The molecule has 0 spiro atoms. The topological polar surface area (TPSA) is 21.3 Å². The molecule has 0 bridgehead atoms. The molecule has 96 valence electrons. The monoisotopic (exact) mass is 235 g/mol. The number of hydrogen-bond donors (Lipinski definition) is 1. The second-order valence-corrected chi connectivity index (χ2v) is 4.69. The predicted octanol–water partition coefficient (Wildman–Crippen LogP) is 3.38. The Balaban J connectivity index is 2.59. The molecule has 2 nitrogen and oxygen atoms in total. The molecular formula is C15H25NO. The van der Waals surface area contributed by atoms with Crippen LogP contribution >= 0.6 is 0 Å². The molecule has 0 aliphatic heterocycles. The smallest absolute Gasteiger partial charge is 0.0661 e. The first kappa shape index (κ1) is 14.2. The summed E-state index contributed by atoms with van der Waals surface area (Å²) < 4.78 is 5.70. The lowest BCUT2D eigenvalue weighted by atomic mass is 10.0. The van der Waals surface area contributed by atoms with Gasteiger partial charge >= 0.3 is 0 Å². The van der Waals surface area contributed by atoms with Gasteiger partial charge < -0.3 is 10.1 Å². The minimum Gasteiger partial charge on any atom is -0.379 e. The molecule has 0 aromatic heterocycles. The molecule has 0 fully saturated rings. The van der Waals surface area contributed by atoms with Crippen LogP contribution in [0.1, 0.15) is 42.5 Å². The number of aryl methyl sites for hydroxylation is 2. The fourth-order valence-electron chi connectivity index (χ4n) is 2.00. The first-order valence-electron chi connectivity index (χ1n) is 6.50. The van der Waals surface area contributed by atoms with Crippen LogP contribution in [0.15, 0.2) is 18.2 Å². The summed E-state index contributed by atoms with van der Waals surface area (Å²) in [7, 11) is 1.99. The van der Waals surface area contributed by atoms with Crippen molar-refractivity contribution in [1.82, 2.24) is 5.32 Å². The Morgan fingerprint density at radius 1 is 1.18 bits per heavy atom. The fraction of sp³-hybridized carbons (Fsp3) is 0.600. The van der Waals surface area contributed by atoms with E-state index in [1.54, 1.807) is 0 Å². The average molecular weight is 235 g/mol. The van der Waals surface area contributed by atoms with Crippen LogP contribution in [0.5, 0.6) is 0 Å². The molecular weight excluding hydrogens is 210 g/mol. The molecule has 1 unspecified atom stereocenters. The Morgan fingerprint density at radius 2 is 1.82 bits per heavy atom. The van der Waals surface area contributed by atoms with Crippen molar-refractivity contribution >= 4 is 0 Å². The van der Waals surface area contributed by atoms with Crippen LogP contribution in [-0.4, -0.2) is 20.3 Å². The van der Waals surface area contributed by atoms with Crippen molar-refractivity contribution in [3.8, 4) is 0 Å². The van der Waals surface area contributed by atoms with Gasteiger partial charge in [-0.1, -0.05) is 42.7 Å². The summed E-state index contributed by atoms with van der Waals surface area (Å²) in [4.78, 5) is 0. The standard InChI is InChI=1S/C15H25NO/c1-5-6-7-17-11-15(16-4)14-9-12(2)8-13(3)10-14/h8-10,15-16H,5-7,11H2,1-4H3. The van der Waals surface area contributed by atoms with E-state index >= 15 is 0 Å². The number of unbranched alkanes of at least 4 members (excludes halogenated alkanes) is 1. The highest BCUT2D eigenvalue weighted by molar-refractivity contribution is 5.30. The van der Waals surface area contributed by atoms with Crippen molar-refractivity contribution in [3.05, 3.63) is 34.9 Å². The van der Waals surface area contributed by atoms with E-state index in [4.69, 9.17) is 4.74 Å². The molecule has 17 heavy (non-hydrogen) atoms. The van der Waals surface area contributed by atoms with Crippen LogP contribution in [0.2, 0.25) is 0 Å². The minimum atomic E-state index is 0.297. The van der Waals surface area contributed by atoms with E-state index in [1.165, 1.54) is 23.1 Å². The Hall–Kier alpha value is -0.860. The van der Waals surface area contributed by atoms with Crippen molar-refractivity contribution in [3.63, 3.8) is 0 Å². The maximum absolute atomic E-state index is 5.70. The first-order valence-corrected chi connectivity index (χ1v) is 6.50. The highest BCUT2D eigenvalue weighted by Crippen LogP contribution is 2.17. The van der Waals surface area contributed by atoms with E-state index in [0.29, 0.717) is 6.04 Å². The normalized spacial score (nSPS) is 12.7. The summed E-state index contributed by atoms with van der Waals surface area (Å²) in [6.45, 7) is 8.07. The summed E-state index contributed by atoms with van der Waals surface area (Å²) >= 11 is 0. The molecule has 1 atom stereocenters. The van der Waals surface area contributed by atoms with Gasteiger partial charge in [-0.2, -0.15) is 0 Å². The van der Waals surface area contributed by atoms with Crippen LogP contribution in [0.3, 0.4) is 0 Å². The largest absolute Gasteiger partial charge is 0.379 e. The first-order chi connectivity index (χ1) is 8.17. The van der Waals surface area contributed by atoms with E-state index in [9.17, 15) is 0 Å². The molecule has 0 amide bonds. The van der Waals surface area contributed by atoms with Crippen LogP contribution in [0.4, 0.5) is 0 Å². The third-order valence-corrected chi connectivity index (χ3v) is 2.92. The molecule has 0 radical (unpaired) electrons. The Bertz CT molecular complexity index is 315. The van der Waals surface area contributed by atoms with Crippen molar-refractivity contribution < 1.29 is 4.74 Å². The van der Waals surface area contributed by atoms with E-state index in [0.717, 1.165) is 19.6 Å². The van der Waals surface area contributed by atoms with Crippen LogP contribution in [0.25, 0.3) is 0 Å². The maximum Gasteiger partial charge on any atom is 0.0661 e. The molecule has 0 saturated heterocycles. The summed E-state index contributed by atoms with van der Waals surface area (Å²) in [5.41, 5.74) is 3.95. The number of rotatable bonds is 7. The van der Waals surface area contributed by atoms with Crippen LogP contribution < -0.4 is 5.32 Å². The number of nitrogens with one attached hydrogen (secondary N) is 1. The van der Waals surface area contributed by atoms with Gasteiger partial charge in [0.2, 0.25) is 0 Å². The molecule has 0 aliphatic carbocycles. The number of benzene rings is 1. The Labute approximate surface area is 105 Å². The van der Waals surface area contributed by atoms with E-state index in [1.807, 2.05) is 7.05 Å². The maximum atomic E-state index is 5.70. The molecule has 0 aliphatic rings. The van der Waals surface area contributed by atoms with E-state index in [-0.39, 0.29) is 0 Å². The van der Waals surface area contributed by atoms with Gasteiger partial charge in [-0.3, -0.25) is 0 Å². The molecule has 1 aromatic rings. The zero-order chi connectivity index (χ0) is 12.7. The van der Waals surface area contributed by atoms with Crippen molar-refractivity contribution in [2.24, 2.45) is 0 Å². The van der Waals surface area contributed by atoms with Crippen molar-refractivity contribution in [2.45, 2.75) is 39.7 Å². The van der Waals surface area contributed by atoms with Crippen LogP contribution in [-0.2, 0) is 4.74 Å². The number of likely N-dealkylation sites (N-methyl/N-ethyl adjacent to an activating group) is 1. The zero-order valence-electron chi connectivity index (χ0n) is 11.5. The molecule has 0 heterocycles. The molecule has 2 heteroatoms. The van der Waals surface area contributed by atoms with Crippen LogP contribution in [0, 0.1) is 13.8 Å². The summed E-state index contributed by atoms with van der Waals surface area (Å²) in [5, 5.41) is 3.32. The van der Waals surface area contributed by atoms with Gasteiger partial charge in [0.25, 0.3) is 0 Å². The highest BCUT2D eigenvalue weighted by atomic mass is 16.5. The molecule has 1 aromatic carbocycles. The van der Waals surface area contributed by atoms with Crippen molar-refractivity contribution in [2.75, 3.05) is 20.3 Å². The summed E-state index contributed by atoms with van der Waals surface area (Å²) in [6, 6.07) is 6.97. The predicted molar refractivity (Wildman–Crippen MR) is 73.4 cm³/mol. The lowest BCUT2D eigenvalue weighted by molar-refractivity contribution is 0.111. The lowest BCUT2D eigenvalue weighted by Gasteiger charge is -2.18. The second kappa shape index (κ2) is 7.46. The minimum absolute atomic E-state index is 0.297. The highest BCUT2D eigenvalue weighted by Gasteiger charge is 2.09. The Kier molecular flexibility index (Phi) is 6.23. The van der Waals surface area contributed by atoms with E-state index in [2.05, 4.69) is 44.3 Å². The zero-order valence-corrected chi connectivity index (χ0v) is 11.5. The lowest BCUT2D eigenvalue weighted by Crippen LogP contribution is -2.22. The summed E-state index contributed by atoms with van der Waals surface area (Å²) in [6.07, 6.45) is 2.33. The Morgan fingerprint density at radius 3 is 2.35 bits per heavy atom. The van der Waals surface area contributed by atoms with Gasteiger partial charge in [0.05, 0.1) is 12.6 Å². The third-order valence-electron chi connectivity index (χ3n) is 2.92. The SMILES string of the molecule is CCCCOCC(NC)c1cc(C)cc(C)c1. The fourth-order valence-corrected chi connectivity index (χ4v) is 2.00. The number of ether oxygens (including phenoxy) is 1. The quantitative estimate of drug-likeness (QED) is 0.732. The average Bonchev–Trinajstić information content (AvgIpc) is 2.28. The third kappa shape index (κ3) is 4.88. The van der Waals surface area contributed by atoms with Gasteiger partial charge in [-0.15, -0.1) is 0 Å². The second-order valence-electron chi connectivity index (χ2n) is 4.69. The van der Waals surface area contributed by atoms with Gasteiger partial charge in [-0.05, 0) is 32.9 Å². The molecule has 0 saturated carbocycles. The van der Waals surface area contributed by atoms with E-state index < -0.39 is 0 Å². The molecule has 1 rings (SSSR count). The molecule has 1 N–H and O–H groups in total. The van der Waals surface area contributed by atoms with Gasteiger partial charge in [0.15, 0.2) is 0 Å². The summed E-state index contributed by atoms with van der Waals surface area (Å²) in [5.74, 6) is 0. The number of hydrogen-bond acceptors (Lipinski definition) is 2. The van der Waals surface area contributed by atoms with Gasteiger partial charge in [0, 0.05) is 6.61 Å². The van der Waals surface area contributed by atoms with Crippen molar-refractivity contribution in [1.29, 1.82) is 0 Å². The van der Waals surface area contributed by atoms with Gasteiger partial charge in [0.1, 0.15) is 0 Å². The van der Waals surface area contributed by atoms with Gasteiger partial charge in [-0.25, -0.2) is 0 Å².